The minimum absolute atomic E-state index is 0.00571. The SMILES string of the molecule is C[C@H]1C(=O)N(Cc2cccc(F)c2)Cc2nnc(CCNc3ccccc3)n21. The summed E-state index contributed by atoms with van der Waals surface area (Å²) in [7, 11) is 0. The summed E-state index contributed by atoms with van der Waals surface area (Å²) in [6.45, 7) is 3.30. The number of rotatable bonds is 6. The van der Waals surface area contributed by atoms with Crippen LogP contribution in [0, 0.1) is 5.82 Å². The van der Waals surface area contributed by atoms with Gasteiger partial charge in [0.2, 0.25) is 5.91 Å². The number of aromatic nitrogens is 3. The van der Waals surface area contributed by atoms with Gasteiger partial charge in [0.15, 0.2) is 5.82 Å². The second kappa shape index (κ2) is 7.80. The third-order valence-electron chi connectivity index (χ3n) is 4.94. The first-order chi connectivity index (χ1) is 13.6. The molecule has 1 aliphatic heterocycles. The first-order valence-electron chi connectivity index (χ1n) is 9.36. The topological polar surface area (TPSA) is 63.1 Å². The number of hydrogen-bond acceptors (Lipinski definition) is 4. The average Bonchev–Trinajstić information content (AvgIpc) is 3.10. The molecule has 0 spiro atoms. The third-order valence-corrected chi connectivity index (χ3v) is 4.94. The van der Waals surface area contributed by atoms with Crippen molar-refractivity contribution in [2.24, 2.45) is 0 Å². The van der Waals surface area contributed by atoms with Gasteiger partial charge in [-0.2, -0.15) is 0 Å². The largest absolute Gasteiger partial charge is 0.385 e. The number of benzene rings is 2. The van der Waals surface area contributed by atoms with Crippen molar-refractivity contribution in [3.63, 3.8) is 0 Å². The van der Waals surface area contributed by atoms with Crippen molar-refractivity contribution in [1.82, 2.24) is 19.7 Å². The lowest BCUT2D eigenvalue weighted by Crippen LogP contribution is -2.41. The van der Waals surface area contributed by atoms with Crippen LogP contribution >= 0.6 is 0 Å². The van der Waals surface area contributed by atoms with E-state index in [9.17, 15) is 9.18 Å². The van der Waals surface area contributed by atoms with Crippen LogP contribution in [0.4, 0.5) is 10.1 Å². The van der Waals surface area contributed by atoms with Crippen molar-refractivity contribution in [3.05, 3.63) is 77.6 Å². The summed E-state index contributed by atoms with van der Waals surface area (Å²) < 4.78 is 15.4. The molecule has 0 aliphatic carbocycles. The van der Waals surface area contributed by atoms with Crippen LogP contribution in [0.1, 0.15) is 30.2 Å². The van der Waals surface area contributed by atoms with Crippen molar-refractivity contribution in [3.8, 4) is 0 Å². The lowest BCUT2D eigenvalue weighted by atomic mass is 10.1. The highest BCUT2D eigenvalue weighted by Crippen LogP contribution is 2.24. The highest BCUT2D eigenvalue weighted by Gasteiger charge is 2.32. The van der Waals surface area contributed by atoms with Crippen LogP contribution in [0.25, 0.3) is 0 Å². The Morgan fingerprint density at radius 3 is 2.75 bits per heavy atom. The molecule has 28 heavy (non-hydrogen) atoms. The Kier molecular flexibility index (Phi) is 5.06. The van der Waals surface area contributed by atoms with Gasteiger partial charge in [0.1, 0.15) is 17.7 Å². The summed E-state index contributed by atoms with van der Waals surface area (Å²) in [6.07, 6.45) is 0.670. The summed E-state index contributed by atoms with van der Waals surface area (Å²) in [4.78, 5) is 14.6. The van der Waals surface area contributed by atoms with Gasteiger partial charge in [-0.3, -0.25) is 4.79 Å². The molecule has 1 aromatic heterocycles. The van der Waals surface area contributed by atoms with Crippen molar-refractivity contribution in [2.45, 2.75) is 32.5 Å². The van der Waals surface area contributed by atoms with E-state index in [4.69, 9.17) is 0 Å². The van der Waals surface area contributed by atoms with E-state index in [2.05, 4.69) is 15.5 Å². The zero-order valence-electron chi connectivity index (χ0n) is 15.7. The van der Waals surface area contributed by atoms with Crippen LogP contribution in [0.15, 0.2) is 54.6 Å². The predicted octanol–water partition coefficient (Wildman–Crippen LogP) is 3.18. The average molecular weight is 379 g/mol. The van der Waals surface area contributed by atoms with E-state index in [1.54, 1.807) is 11.0 Å². The standard InChI is InChI=1S/C21H22FN5O/c1-15-21(28)26(13-16-6-5-7-17(22)12-16)14-20-25-24-19(27(15)20)10-11-23-18-8-3-2-4-9-18/h2-9,12,15,23H,10-11,13-14H2,1H3/t15-/m0/s1. The van der Waals surface area contributed by atoms with Gasteiger partial charge in [0, 0.05) is 25.2 Å². The number of carbonyl (C=O) groups excluding carboxylic acids is 1. The molecule has 0 bridgehead atoms. The molecule has 1 N–H and O–H groups in total. The van der Waals surface area contributed by atoms with Crippen LogP contribution in [0.2, 0.25) is 0 Å². The third kappa shape index (κ3) is 3.74. The maximum Gasteiger partial charge on any atom is 0.246 e. The smallest absolute Gasteiger partial charge is 0.246 e. The van der Waals surface area contributed by atoms with E-state index in [0.29, 0.717) is 26.1 Å². The Morgan fingerprint density at radius 1 is 1.14 bits per heavy atom. The molecule has 1 amide bonds. The molecule has 7 heteroatoms. The van der Waals surface area contributed by atoms with Crippen LogP contribution < -0.4 is 5.32 Å². The van der Waals surface area contributed by atoms with Crippen LogP contribution in [0.5, 0.6) is 0 Å². The quantitative estimate of drug-likeness (QED) is 0.715. The lowest BCUT2D eigenvalue weighted by molar-refractivity contribution is -0.137. The molecule has 1 aliphatic rings. The number of anilines is 1. The Balaban J connectivity index is 1.45. The van der Waals surface area contributed by atoms with Gasteiger partial charge in [-0.25, -0.2) is 4.39 Å². The van der Waals surface area contributed by atoms with Gasteiger partial charge < -0.3 is 14.8 Å². The Labute approximate surface area is 163 Å². The molecule has 0 fully saturated rings. The van der Waals surface area contributed by atoms with Crippen LogP contribution in [-0.4, -0.2) is 32.1 Å². The fraction of sp³-hybridized carbons (Fsp3) is 0.286. The zero-order valence-corrected chi connectivity index (χ0v) is 15.7. The molecule has 0 saturated carbocycles. The number of hydrogen-bond donors (Lipinski definition) is 1. The first kappa shape index (κ1) is 18.2. The zero-order chi connectivity index (χ0) is 19.5. The predicted molar refractivity (Wildman–Crippen MR) is 104 cm³/mol. The van der Waals surface area contributed by atoms with Gasteiger partial charge in [-0.15, -0.1) is 10.2 Å². The summed E-state index contributed by atoms with van der Waals surface area (Å²) in [5, 5.41) is 11.9. The van der Waals surface area contributed by atoms with E-state index >= 15 is 0 Å². The number of para-hydroxylation sites is 1. The maximum absolute atomic E-state index is 13.4. The van der Waals surface area contributed by atoms with E-state index in [0.717, 1.165) is 22.9 Å². The van der Waals surface area contributed by atoms with Crippen molar-refractivity contribution in [2.75, 3.05) is 11.9 Å². The number of amides is 1. The number of nitrogens with zero attached hydrogens (tertiary/aromatic N) is 4. The molecule has 0 unspecified atom stereocenters. The molecular weight excluding hydrogens is 357 g/mol. The molecule has 0 radical (unpaired) electrons. The first-order valence-corrected chi connectivity index (χ1v) is 9.36. The van der Waals surface area contributed by atoms with Crippen molar-refractivity contribution in [1.29, 1.82) is 0 Å². The Morgan fingerprint density at radius 2 is 1.96 bits per heavy atom. The molecule has 6 nitrogen and oxygen atoms in total. The van der Waals surface area contributed by atoms with Crippen LogP contribution in [-0.2, 0) is 24.3 Å². The molecule has 2 heterocycles. The van der Waals surface area contributed by atoms with Crippen LogP contribution in [0.3, 0.4) is 0 Å². The molecule has 3 aromatic rings. The molecular formula is C21H22FN5O. The number of halogens is 1. The van der Waals surface area contributed by atoms with Gasteiger partial charge in [-0.05, 0) is 36.8 Å². The van der Waals surface area contributed by atoms with E-state index < -0.39 is 0 Å². The van der Waals surface area contributed by atoms with Crippen molar-refractivity contribution < 1.29 is 9.18 Å². The fourth-order valence-corrected chi connectivity index (χ4v) is 3.57. The van der Waals surface area contributed by atoms with Gasteiger partial charge in [0.05, 0.1) is 6.54 Å². The Hall–Kier alpha value is -3.22. The summed E-state index contributed by atoms with van der Waals surface area (Å²) >= 11 is 0. The maximum atomic E-state index is 13.4. The van der Waals surface area contributed by atoms with E-state index in [1.165, 1.54) is 12.1 Å². The van der Waals surface area contributed by atoms with E-state index in [1.807, 2.05) is 47.9 Å². The van der Waals surface area contributed by atoms with Gasteiger partial charge in [-0.1, -0.05) is 30.3 Å². The molecule has 4 rings (SSSR count). The normalized spacial score (nSPS) is 16.1. The van der Waals surface area contributed by atoms with Gasteiger partial charge in [0.25, 0.3) is 0 Å². The molecule has 0 saturated heterocycles. The molecule has 2 aromatic carbocycles. The summed E-state index contributed by atoms with van der Waals surface area (Å²) in [5.74, 6) is 1.25. The molecule has 1 atom stereocenters. The fourth-order valence-electron chi connectivity index (χ4n) is 3.57. The lowest BCUT2D eigenvalue weighted by Gasteiger charge is -2.32. The minimum Gasteiger partial charge on any atom is -0.385 e. The summed E-state index contributed by atoms with van der Waals surface area (Å²) in [5.41, 5.74) is 1.81. The van der Waals surface area contributed by atoms with Gasteiger partial charge >= 0.3 is 0 Å². The van der Waals surface area contributed by atoms with Crippen molar-refractivity contribution >= 4 is 11.6 Å². The van der Waals surface area contributed by atoms with E-state index in [-0.39, 0.29) is 17.8 Å². The number of carbonyl (C=O) groups is 1. The number of nitrogens with one attached hydrogen (secondary N) is 1. The summed E-state index contributed by atoms with van der Waals surface area (Å²) in [6, 6.07) is 15.9. The highest BCUT2D eigenvalue weighted by molar-refractivity contribution is 5.81. The Bertz CT molecular complexity index is 972. The highest BCUT2D eigenvalue weighted by atomic mass is 19.1. The second-order valence-electron chi connectivity index (χ2n) is 6.95. The molecule has 144 valence electrons. The monoisotopic (exact) mass is 379 g/mol. The number of fused-ring (bicyclic) bond motifs is 1. The minimum atomic E-state index is -0.376. The second-order valence-corrected chi connectivity index (χ2v) is 6.95.